The highest BCUT2D eigenvalue weighted by Crippen LogP contribution is 2.24. The summed E-state index contributed by atoms with van der Waals surface area (Å²) in [7, 11) is 2.91. The van der Waals surface area contributed by atoms with Crippen LogP contribution in [-0.2, 0) is 40.0 Å². The van der Waals surface area contributed by atoms with Gasteiger partial charge in [0.15, 0.2) is 0 Å². The first-order valence-corrected chi connectivity index (χ1v) is 16.8. The molecule has 1 aromatic carbocycles. The maximum absolute atomic E-state index is 14.0. The predicted octanol–water partition coefficient (Wildman–Crippen LogP) is 3.48. The molecule has 0 aliphatic carbocycles. The fraction of sp³-hybridized carbons (Fsp3) is 0.636. The summed E-state index contributed by atoms with van der Waals surface area (Å²) in [6.45, 7) is 7.16. The van der Waals surface area contributed by atoms with Crippen LogP contribution in [0.3, 0.4) is 0 Å². The second kappa shape index (κ2) is 20.6. The summed E-state index contributed by atoms with van der Waals surface area (Å²) in [6.07, 6.45) is 2.28. The predicted molar refractivity (Wildman–Crippen MR) is 183 cm³/mol. The number of aromatic nitrogens is 1. The zero-order valence-electron chi connectivity index (χ0n) is 30.0. The summed E-state index contributed by atoms with van der Waals surface area (Å²) < 4.78 is 11.7. The Hall–Kier alpha value is -5.00. The molecule has 18 heteroatoms. The molecule has 0 fully saturated rings. The zero-order valence-corrected chi connectivity index (χ0v) is 30.0. The van der Waals surface area contributed by atoms with Gasteiger partial charge in [-0.05, 0) is 56.2 Å². The average Bonchev–Trinajstić information content (AvgIpc) is 3.44. The van der Waals surface area contributed by atoms with E-state index in [1.807, 2.05) is 27.7 Å². The summed E-state index contributed by atoms with van der Waals surface area (Å²) in [4.78, 5) is 83.0. The monoisotopic (exact) mass is 722 g/mol. The Bertz CT molecular complexity index is 1490. The fourth-order valence-corrected chi connectivity index (χ4v) is 5.41. The van der Waals surface area contributed by atoms with Gasteiger partial charge in [-0.25, -0.2) is 9.59 Å². The number of ether oxygens (including phenoxy) is 2. The average molecular weight is 723 g/mol. The quantitative estimate of drug-likeness (QED) is 0.0685. The van der Waals surface area contributed by atoms with Gasteiger partial charge in [0.2, 0.25) is 11.8 Å². The lowest BCUT2D eigenvalue weighted by molar-refractivity contribution is -0.790. The Morgan fingerprint density at radius 2 is 1.59 bits per heavy atom. The molecule has 4 unspecified atom stereocenters. The summed E-state index contributed by atoms with van der Waals surface area (Å²) >= 11 is 0. The van der Waals surface area contributed by atoms with Crippen molar-refractivity contribution >= 4 is 34.8 Å². The van der Waals surface area contributed by atoms with Gasteiger partial charge in [0.25, 0.3) is 10.2 Å². The molecular weight excluding hydrogens is 672 g/mol. The Labute approximate surface area is 296 Å². The Morgan fingerprint density at radius 1 is 0.922 bits per heavy atom. The van der Waals surface area contributed by atoms with Gasteiger partial charge in [0.1, 0.15) is 24.8 Å². The van der Waals surface area contributed by atoms with Crippen molar-refractivity contribution < 1.29 is 48.5 Å². The van der Waals surface area contributed by atoms with Crippen molar-refractivity contribution in [3.05, 3.63) is 56.3 Å². The van der Waals surface area contributed by atoms with Crippen LogP contribution in [0.4, 0.5) is 4.79 Å². The molecule has 0 aliphatic heterocycles. The molecule has 0 radical (unpaired) electrons. The number of rotatable bonds is 22. The summed E-state index contributed by atoms with van der Waals surface area (Å²) in [5.74, 6) is -1.76. The van der Waals surface area contributed by atoms with Crippen LogP contribution in [0.1, 0.15) is 78.2 Å². The Morgan fingerprint density at radius 3 is 2.20 bits per heavy atom. The number of amides is 2. The minimum Gasteiger partial charge on any atom is -0.464 e. The van der Waals surface area contributed by atoms with Crippen molar-refractivity contribution in [2.24, 2.45) is 5.41 Å². The number of carbonyl (C=O) groups is 4. The summed E-state index contributed by atoms with van der Waals surface area (Å²) in [5.41, 5.74) is 0.926. The maximum atomic E-state index is 14.0. The summed E-state index contributed by atoms with van der Waals surface area (Å²) in [5, 5.41) is 28.3. The second-order valence-electron chi connectivity index (χ2n) is 13.2. The van der Waals surface area contributed by atoms with Gasteiger partial charge < -0.3 is 35.1 Å². The number of methoxy groups -OCH3 is 1. The zero-order chi connectivity index (χ0) is 38.1. The lowest BCUT2D eigenvalue weighted by Gasteiger charge is -2.28. The molecule has 1 heterocycles. The number of nitrogens with one attached hydrogen (secondary N) is 3. The van der Waals surface area contributed by atoms with E-state index in [-0.39, 0.29) is 44.1 Å². The largest absolute Gasteiger partial charge is 0.464 e. The Balaban J connectivity index is 2.25. The van der Waals surface area contributed by atoms with E-state index >= 15 is 0 Å². The molecule has 0 aliphatic rings. The van der Waals surface area contributed by atoms with Crippen molar-refractivity contribution in [3.8, 4) is 0 Å². The number of para-hydroxylation sites is 1. The van der Waals surface area contributed by atoms with Crippen LogP contribution in [0.2, 0.25) is 0 Å². The molecule has 0 bridgehead atoms. The van der Waals surface area contributed by atoms with Crippen LogP contribution in [-0.4, -0.2) is 90.2 Å². The molecule has 2 rings (SSSR count). The van der Waals surface area contributed by atoms with E-state index in [0.29, 0.717) is 35.7 Å². The van der Waals surface area contributed by atoms with Crippen molar-refractivity contribution in [1.29, 1.82) is 0 Å². The first-order valence-electron chi connectivity index (χ1n) is 16.8. The van der Waals surface area contributed by atoms with Crippen molar-refractivity contribution in [3.63, 3.8) is 0 Å². The lowest BCUT2D eigenvalue weighted by atomic mass is 9.87. The highest BCUT2D eigenvalue weighted by atomic mass is 17.0. The van der Waals surface area contributed by atoms with Gasteiger partial charge in [-0.1, -0.05) is 58.7 Å². The molecule has 1 aromatic heterocycles. The number of hydrogen-bond acceptors (Lipinski definition) is 13. The van der Waals surface area contributed by atoms with Crippen molar-refractivity contribution in [2.75, 3.05) is 27.4 Å². The number of benzene rings is 1. The van der Waals surface area contributed by atoms with Crippen molar-refractivity contribution in [1.82, 2.24) is 20.5 Å². The Kier molecular flexibility index (Phi) is 17.0. The van der Waals surface area contributed by atoms with Gasteiger partial charge in [-0.15, -0.1) is 20.2 Å². The molecule has 4 atom stereocenters. The molecule has 0 saturated carbocycles. The van der Waals surface area contributed by atoms with Crippen LogP contribution in [0.15, 0.2) is 30.5 Å². The van der Waals surface area contributed by atoms with E-state index in [9.17, 15) is 39.4 Å². The van der Waals surface area contributed by atoms with Gasteiger partial charge >= 0.3 is 12.1 Å². The first-order chi connectivity index (χ1) is 24.1. The molecule has 284 valence electrons. The van der Waals surface area contributed by atoms with Crippen LogP contribution >= 0.6 is 0 Å². The van der Waals surface area contributed by atoms with E-state index in [1.165, 1.54) is 11.7 Å². The standard InChI is InChI=1S/C33H50N6O12/c1-7-8-15-25(31(42)49-17-12-11-13-23(51-39(46)47)21-50-38(44)45)35-29(40)26(36-30(41)27(34-5)19-33(2,3)4)18-22-20-37(32(43)48-6)28-16-10-9-14-24(22)28/h9-10,14,16,20,23,25-27,34H,7-8,11-13,15,17-19,21H2,1-6H3,(H,35,40)(H,36,41). The van der Waals surface area contributed by atoms with Crippen LogP contribution in [0.25, 0.3) is 10.9 Å². The molecule has 3 N–H and O–H groups in total. The number of fused-ring (bicyclic) bond motifs is 1. The molecule has 18 nitrogen and oxygen atoms in total. The van der Waals surface area contributed by atoms with E-state index in [1.54, 1.807) is 37.5 Å². The van der Waals surface area contributed by atoms with Crippen LogP contribution in [0, 0.1) is 25.6 Å². The van der Waals surface area contributed by atoms with Gasteiger partial charge in [-0.3, -0.25) is 14.2 Å². The van der Waals surface area contributed by atoms with E-state index < -0.39 is 64.9 Å². The third-order valence-electron chi connectivity index (χ3n) is 7.92. The topological polar surface area (TPSA) is 232 Å². The van der Waals surface area contributed by atoms with E-state index in [2.05, 4.69) is 25.6 Å². The van der Waals surface area contributed by atoms with Gasteiger partial charge in [-0.2, -0.15) is 0 Å². The number of likely N-dealkylation sites (N-methyl/N-ethyl adjacent to an activating group) is 1. The minimum absolute atomic E-state index is 0.0167. The summed E-state index contributed by atoms with van der Waals surface area (Å²) in [6, 6.07) is 4.24. The normalized spacial score (nSPS) is 13.7. The molecular formula is C33H50N6O12. The number of nitrogens with zero attached hydrogens (tertiary/aromatic N) is 3. The third-order valence-corrected chi connectivity index (χ3v) is 7.92. The molecule has 2 aromatic rings. The number of esters is 1. The minimum atomic E-state index is -1.18. The lowest BCUT2D eigenvalue weighted by Crippen LogP contribution is -2.56. The number of unbranched alkanes of at least 4 members (excludes halogenated alkanes) is 2. The molecule has 0 saturated heterocycles. The van der Waals surface area contributed by atoms with Crippen LogP contribution in [0.5, 0.6) is 0 Å². The van der Waals surface area contributed by atoms with Crippen LogP contribution < -0.4 is 16.0 Å². The number of hydrogen-bond donors (Lipinski definition) is 3. The highest BCUT2D eigenvalue weighted by molar-refractivity contribution is 5.95. The number of carbonyl (C=O) groups excluding carboxylic acids is 4. The molecule has 0 spiro atoms. The second-order valence-corrected chi connectivity index (χ2v) is 13.2. The maximum Gasteiger partial charge on any atom is 0.418 e. The van der Waals surface area contributed by atoms with Crippen molar-refractivity contribution in [2.45, 2.75) is 103 Å². The highest BCUT2D eigenvalue weighted by Gasteiger charge is 2.32. The third kappa shape index (κ3) is 14.4. The molecule has 51 heavy (non-hydrogen) atoms. The SMILES string of the molecule is CCCCC(NC(=O)C(Cc1cn(C(=O)OC)c2ccccc12)NC(=O)C(CC(C)(C)C)NC)C(=O)OCCCCC(CO[N+](=O)[O-])O[N+](=O)[O-]. The smallest absolute Gasteiger partial charge is 0.418 e. The van der Waals surface area contributed by atoms with E-state index in [4.69, 9.17) is 9.47 Å². The molecule has 2 amide bonds. The van der Waals surface area contributed by atoms with Gasteiger partial charge in [0, 0.05) is 18.0 Å². The fourth-order valence-electron chi connectivity index (χ4n) is 5.41. The van der Waals surface area contributed by atoms with E-state index in [0.717, 1.165) is 0 Å². The van der Waals surface area contributed by atoms with Gasteiger partial charge in [0.05, 0.1) is 25.3 Å². The first kappa shape index (κ1) is 42.2.